The van der Waals surface area contributed by atoms with Crippen LogP contribution < -0.4 is 20.4 Å². The Labute approximate surface area is 167 Å². The average Bonchev–Trinajstić information content (AvgIpc) is 2.65. The van der Waals surface area contributed by atoms with Gasteiger partial charge in [0.2, 0.25) is 11.8 Å². The molecule has 6 heteroatoms. The summed E-state index contributed by atoms with van der Waals surface area (Å²) in [6.07, 6.45) is -0.229. The van der Waals surface area contributed by atoms with Crippen molar-refractivity contribution >= 4 is 34.6 Å². The number of hydrogen-bond acceptors (Lipinski definition) is 4. The van der Waals surface area contributed by atoms with Crippen LogP contribution in [-0.2, 0) is 9.59 Å². The minimum Gasteiger partial charge on any atom is -0.378 e. The highest BCUT2D eigenvalue weighted by Gasteiger charge is 2.12. The standard InChI is InChI=1S/C22H30N4O2/c1-6-26(7-2)19-12-13-20(16(3)14-19)24-22(28)15-21(27)23-17-8-10-18(11-9-17)25(4)5/h8-14H,6-7,15H2,1-5H3,(H,23,27)(H,24,28). The molecule has 2 aromatic rings. The van der Waals surface area contributed by atoms with Crippen molar-refractivity contribution in [2.75, 3.05) is 47.6 Å². The number of carbonyl (C=O) groups excluding carboxylic acids is 2. The largest absolute Gasteiger partial charge is 0.378 e. The van der Waals surface area contributed by atoms with Gasteiger partial charge in [-0.05, 0) is 68.8 Å². The van der Waals surface area contributed by atoms with Crippen molar-refractivity contribution in [3.05, 3.63) is 48.0 Å². The highest BCUT2D eigenvalue weighted by Crippen LogP contribution is 2.23. The molecule has 0 aromatic heterocycles. The zero-order valence-electron chi connectivity index (χ0n) is 17.4. The first kappa shape index (κ1) is 21.3. The second kappa shape index (κ2) is 9.78. The number of anilines is 4. The fourth-order valence-corrected chi connectivity index (χ4v) is 2.96. The number of nitrogens with one attached hydrogen (secondary N) is 2. The Morgan fingerprint density at radius 1 is 0.857 bits per heavy atom. The third-order valence-corrected chi connectivity index (χ3v) is 4.60. The Kier molecular flexibility index (Phi) is 7.44. The number of carbonyl (C=O) groups is 2. The van der Waals surface area contributed by atoms with E-state index in [9.17, 15) is 9.59 Å². The van der Waals surface area contributed by atoms with Crippen molar-refractivity contribution in [1.82, 2.24) is 0 Å². The Morgan fingerprint density at radius 3 is 1.96 bits per heavy atom. The molecule has 0 fully saturated rings. The van der Waals surface area contributed by atoms with Crippen LogP contribution in [0.5, 0.6) is 0 Å². The summed E-state index contributed by atoms with van der Waals surface area (Å²) in [4.78, 5) is 28.6. The molecule has 28 heavy (non-hydrogen) atoms. The van der Waals surface area contributed by atoms with Crippen molar-refractivity contribution < 1.29 is 9.59 Å². The molecule has 0 aliphatic heterocycles. The molecule has 0 bridgehead atoms. The van der Waals surface area contributed by atoms with Gasteiger partial charge in [0.25, 0.3) is 0 Å². The summed E-state index contributed by atoms with van der Waals surface area (Å²) in [5.41, 5.74) is 4.53. The summed E-state index contributed by atoms with van der Waals surface area (Å²) < 4.78 is 0. The Bertz CT molecular complexity index is 812. The zero-order valence-corrected chi connectivity index (χ0v) is 17.4. The Hall–Kier alpha value is -3.02. The van der Waals surface area contributed by atoms with Crippen LogP contribution in [0.25, 0.3) is 0 Å². The van der Waals surface area contributed by atoms with Gasteiger partial charge < -0.3 is 20.4 Å². The summed E-state index contributed by atoms with van der Waals surface area (Å²) in [5, 5.41) is 5.58. The minimum atomic E-state index is -0.340. The maximum atomic E-state index is 12.3. The van der Waals surface area contributed by atoms with Crippen molar-refractivity contribution in [2.24, 2.45) is 0 Å². The van der Waals surface area contributed by atoms with Crippen molar-refractivity contribution in [3.63, 3.8) is 0 Å². The topological polar surface area (TPSA) is 64.7 Å². The lowest BCUT2D eigenvalue weighted by atomic mass is 10.1. The van der Waals surface area contributed by atoms with Gasteiger partial charge >= 0.3 is 0 Å². The van der Waals surface area contributed by atoms with Crippen LogP contribution in [0.1, 0.15) is 25.8 Å². The van der Waals surface area contributed by atoms with E-state index in [4.69, 9.17) is 0 Å². The Balaban J connectivity index is 1.93. The molecule has 0 atom stereocenters. The predicted molar refractivity (Wildman–Crippen MR) is 117 cm³/mol. The Morgan fingerprint density at radius 2 is 1.43 bits per heavy atom. The molecule has 2 rings (SSSR count). The summed E-state index contributed by atoms with van der Waals surface area (Å²) in [6, 6.07) is 13.4. The van der Waals surface area contributed by atoms with Crippen molar-refractivity contribution in [1.29, 1.82) is 0 Å². The van der Waals surface area contributed by atoms with Gasteiger partial charge in [-0.25, -0.2) is 0 Å². The number of aryl methyl sites for hydroxylation is 1. The fourth-order valence-electron chi connectivity index (χ4n) is 2.96. The number of amides is 2. The first-order chi connectivity index (χ1) is 13.3. The van der Waals surface area contributed by atoms with Crippen LogP contribution in [0.15, 0.2) is 42.5 Å². The van der Waals surface area contributed by atoms with Gasteiger partial charge in [0.1, 0.15) is 6.42 Å². The van der Waals surface area contributed by atoms with Gasteiger partial charge in [-0.3, -0.25) is 9.59 Å². The van der Waals surface area contributed by atoms with Gasteiger partial charge in [0.15, 0.2) is 0 Å². The van der Waals surface area contributed by atoms with E-state index in [1.54, 1.807) is 0 Å². The van der Waals surface area contributed by atoms with E-state index in [2.05, 4.69) is 35.4 Å². The maximum absolute atomic E-state index is 12.3. The molecule has 0 saturated heterocycles. The van der Waals surface area contributed by atoms with E-state index in [1.165, 1.54) is 0 Å². The molecule has 0 aliphatic carbocycles. The van der Waals surface area contributed by atoms with Crippen molar-refractivity contribution in [2.45, 2.75) is 27.2 Å². The lowest BCUT2D eigenvalue weighted by molar-refractivity contribution is -0.123. The normalized spacial score (nSPS) is 10.3. The molecule has 0 saturated carbocycles. The highest BCUT2D eigenvalue weighted by molar-refractivity contribution is 6.08. The van der Waals surface area contributed by atoms with Crippen LogP contribution in [0.3, 0.4) is 0 Å². The second-order valence-corrected chi connectivity index (χ2v) is 6.89. The van der Waals surface area contributed by atoms with Gasteiger partial charge in [-0.2, -0.15) is 0 Å². The summed E-state index contributed by atoms with van der Waals surface area (Å²) >= 11 is 0. The molecule has 2 amide bonds. The molecular formula is C22H30N4O2. The molecule has 150 valence electrons. The average molecular weight is 383 g/mol. The molecular weight excluding hydrogens is 352 g/mol. The van der Waals surface area contributed by atoms with Crippen LogP contribution in [0.2, 0.25) is 0 Å². The van der Waals surface area contributed by atoms with Crippen LogP contribution in [-0.4, -0.2) is 39.0 Å². The van der Waals surface area contributed by atoms with E-state index in [0.29, 0.717) is 5.69 Å². The van der Waals surface area contributed by atoms with E-state index in [1.807, 2.05) is 62.3 Å². The smallest absolute Gasteiger partial charge is 0.233 e. The second-order valence-electron chi connectivity index (χ2n) is 6.89. The summed E-state index contributed by atoms with van der Waals surface area (Å²) in [5.74, 6) is -0.673. The van der Waals surface area contributed by atoms with E-state index in [0.717, 1.165) is 35.7 Å². The minimum absolute atomic E-state index is 0.229. The first-order valence-corrected chi connectivity index (χ1v) is 9.56. The van der Waals surface area contributed by atoms with E-state index < -0.39 is 0 Å². The summed E-state index contributed by atoms with van der Waals surface area (Å²) in [6.45, 7) is 8.03. The third-order valence-electron chi connectivity index (χ3n) is 4.60. The zero-order chi connectivity index (χ0) is 20.7. The van der Waals surface area contributed by atoms with Gasteiger partial charge in [0, 0.05) is 49.9 Å². The van der Waals surface area contributed by atoms with Crippen LogP contribution in [0, 0.1) is 6.92 Å². The van der Waals surface area contributed by atoms with Crippen LogP contribution in [0.4, 0.5) is 22.7 Å². The van der Waals surface area contributed by atoms with Crippen molar-refractivity contribution in [3.8, 4) is 0 Å². The molecule has 2 aromatic carbocycles. The number of benzene rings is 2. The van der Waals surface area contributed by atoms with Gasteiger partial charge in [-0.15, -0.1) is 0 Å². The number of hydrogen-bond donors (Lipinski definition) is 2. The summed E-state index contributed by atoms with van der Waals surface area (Å²) in [7, 11) is 3.91. The SMILES string of the molecule is CCN(CC)c1ccc(NC(=O)CC(=O)Nc2ccc(N(C)C)cc2)c(C)c1. The van der Waals surface area contributed by atoms with E-state index in [-0.39, 0.29) is 18.2 Å². The molecule has 0 heterocycles. The molecule has 0 radical (unpaired) electrons. The van der Waals surface area contributed by atoms with Gasteiger partial charge in [0.05, 0.1) is 0 Å². The molecule has 0 spiro atoms. The molecule has 2 N–H and O–H groups in total. The maximum Gasteiger partial charge on any atom is 0.233 e. The van der Waals surface area contributed by atoms with E-state index >= 15 is 0 Å². The molecule has 6 nitrogen and oxygen atoms in total. The first-order valence-electron chi connectivity index (χ1n) is 9.56. The molecule has 0 unspecified atom stereocenters. The van der Waals surface area contributed by atoms with Crippen LogP contribution >= 0.6 is 0 Å². The molecule has 0 aliphatic rings. The number of rotatable bonds is 8. The monoisotopic (exact) mass is 382 g/mol. The quantitative estimate of drug-likeness (QED) is 0.680. The lowest BCUT2D eigenvalue weighted by Crippen LogP contribution is -2.23. The lowest BCUT2D eigenvalue weighted by Gasteiger charge is -2.22. The number of nitrogens with zero attached hydrogens (tertiary/aromatic N) is 2. The predicted octanol–water partition coefficient (Wildman–Crippen LogP) is 3.87. The van der Waals surface area contributed by atoms with Gasteiger partial charge in [-0.1, -0.05) is 0 Å². The third kappa shape index (κ3) is 5.74. The highest BCUT2D eigenvalue weighted by atomic mass is 16.2. The fraction of sp³-hybridized carbons (Fsp3) is 0.364.